The van der Waals surface area contributed by atoms with Crippen molar-refractivity contribution in [2.75, 3.05) is 11.1 Å². The third-order valence-electron chi connectivity index (χ3n) is 4.41. The first-order valence-corrected chi connectivity index (χ1v) is 7.59. The fraction of sp³-hybridized carbons (Fsp3) is 0.100. The summed E-state index contributed by atoms with van der Waals surface area (Å²) in [6.07, 6.45) is 0. The number of nitrogen functional groups attached to an aromatic ring is 1. The number of rotatable bonds is 1. The van der Waals surface area contributed by atoms with Crippen LogP contribution >= 0.6 is 0 Å². The van der Waals surface area contributed by atoms with Gasteiger partial charge in [0, 0.05) is 23.8 Å². The Morgan fingerprint density at radius 1 is 0.727 bits per heavy atom. The smallest absolute Gasteiger partial charge is 0.0403 e. The average molecular weight is 286 g/mol. The van der Waals surface area contributed by atoms with E-state index in [0.717, 1.165) is 12.2 Å². The zero-order chi connectivity index (χ0) is 14.9. The Kier molecular flexibility index (Phi) is 3.08. The highest BCUT2D eigenvalue weighted by Crippen LogP contribution is 2.41. The molecule has 1 heterocycles. The zero-order valence-electron chi connectivity index (χ0n) is 12.3. The molecule has 3 aromatic carbocycles. The SMILES string of the molecule is Nc1ccccc1C1c2ccccc2CNc2ccccc21. The highest BCUT2D eigenvalue weighted by molar-refractivity contribution is 5.65. The monoisotopic (exact) mass is 286 g/mol. The van der Waals surface area contributed by atoms with Gasteiger partial charge in [-0.2, -0.15) is 0 Å². The van der Waals surface area contributed by atoms with Crippen LogP contribution in [0.15, 0.2) is 72.8 Å². The van der Waals surface area contributed by atoms with Crippen molar-refractivity contribution < 1.29 is 0 Å². The maximum atomic E-state index is 6.30. The summed E-state index contributed by atoms with van der Waals surface area (Å²) >= 11 is 0. The highest BCUT2D eigenvalue weighted by Gasteiger charge is 2.25. The van der Waals surface area contributed by atoms with Gasteiger partial charge in [0.25, 0.3) is 0 Å². The minimum absolute atomic E-state index is 0.170. The number of benzene rings is 3. The van der Waals surface area contributed by atoms with Crippen LogP contribution in [0.25, 0.3) is 0 Å². The van der Waals surface area contributed by atoms with Crippen molar-refractivity contribution in [3.63, 3.8) is 0 Å². The molecule has 22 heavy (non-hydrogen) atoms. The largest absolute Gasteiger partial charge is 0.398 e. The second kappa shape index (κ2) is 5.23. The van der Waals surface area contributed by atoms with E-state index in [1.807, 2.05) is 12.1 Å². The van der Waals surface area contributed by atoms with Crippen LogP contribution in [-0.4, -0.2) is 0 Å². The Bertz CT molecular complexity index is 776. The Balaban J connectivity index is 2.01. The van der Waals surface area contributed by atoms with Gasteiger partial charge < -0.3 is 11.1 Å². The van der Waals surface area contributed by atoms with Gasteiger partial charge in [0.2, 0.25) is 0 Å². The number of para-hydroxylation sites is 2. The molecule has 0 aromatic heterocycles. The summed E-state index contributed by atoms with van der Waals surface area (Å²) in [6, 6.07) is 25.3. The molecule has 0 saturated heterocycles. The summed E-state index contributed by atoms with van der Waals surface area (Å²) in [4.78, 5) is 0. The molecule has 0 aliphatic carbocycles. The number of fused-ring (bicyclic) bond motifs is 2. The van der Waals surface area contributed by atoms with E-state index in [9.17, 15) is 0 Å². The normalized spacial score (nSPS) is 16.1. The number of anilines is 2. The second-order valence-corrected chi connectivity index (χ2v) is 5.70. The van der Waals surface area contributed by atoms with Crippen molar-refractivity contribution in [3.05, 3.63) is 95.1 Å². The van der Waals surface area contributed by atoms with Crippen molar-refractivity contribution in [1.29, 1.82) is 0 Å². The van der Waals surface area contributed by atoms with Crippen molar-refractivity contribution in [3.8, 4) is 0 Å². The van der Waals surface area contributed by atoms with Crippen molar-refractivity contribution in [2.24, 2.45) is 0 Å². The Labute approximate surface area is 130 Å². The third kappa shape index (κ3) is 2.04. The van der Waals surface area contributed by atoms with E-state index >= 15 is 0 Å². The molecule has 1 aliphatic rings. The number of nitrogens with two attached hydrogens (primary N) is 1. The van der Waals surface area contributed by atoms with Gasteiger partial charge in [0.15, 0.2) is 0 Å². The molecule has 108 valence electrons. The summed E-state index contributed by atoms with van der Waals surface area (Å²) in [6.45, 7) is 0.844. The topological polar surface area (TPSA) is 38.0 Å². The molecule has 0 fully saturated rings. The minimum atomic E-state index is 0.170. The standard InChI is InChI=1S/C20H18N2/c21-18-11-5-3-9-16(18)20-15-8-2-1-7-14(15)13-22-19-12-6-4-10-17(19)20/h1-12,20,22H,13,21H2. The summed E-state index contributed by atoms with van der Waals surface area (Å²) in [7, 11) is 0. The zero-order valence-corrected chi connectivity index (χ0v) is 12.3. The molecule has 0 spiro atoms. The van der Waals surface area contributed by atoms with Crippen molar-refractivity contribution in [1.82, 2.24) is 0 Å². The van der Waals surface area contributed by atoms with Crippen molar-refractivity contribution in [2.45, 2.75) is 12.5 Å². The van der Waals surface area contributed by atoms with Gasteiger partial charge >= 0.3 is 0 Å². The molecule has 1 unspecified atom stereocenters. The molecule has 0 amide bonds. The Morgan fingerprint density at radius 3 is 2.18 bits per heavy atom. The molecule has 3 N–H and O–H groups in total. The third-order valence-corrected chi connectivity index (χ3v) is 4.41. The van der Waals surface area contributed by atoms with E-state index < -0.39 is 0 Å². The van der Waals surface area contributed by atoms with Gasteiger partial charge in [0.1, 0.15) is 0 Å². The van der Waals surface area contributed by atoms with Gasteiger partial charge in [-0.3, -0.25) is 0 Å². The molecule has 2 nitrogen and oxygen atoms in total. The summed E-state index contributed by atoms with van der Waals surface area (Å²) in [5, 5.41) is 3.56. The summed E-state index contributed by atoms with van der Waals surface area (Å²) in [5.41, 5.74) is 13.4. The van der Waals surface area contributed by atoms with E-state index in [1.165, 1.54) is 27.9 Å². The number of hydrogen-bond acceptors (Lipinski definition) is 2. The first kappa shape index (κ1) is 13.0. The second-order valence-electron chi connectivity index (χ2n) is 5.70. The minimum Gasteiger partial charge on any atom is -0.398 e. The molecular formula is C20H18N2. The van der Waals surface area contributed by atoms with Crippen LogP contribution in [0.2, 0.25) is 0 Å². The molecule has 1 aliphatic heterocycles. The molecule has 1 atom stereocenters. The van der Waals surface area contributed by atoms with E-state index in [0.29, 0.717) is 0 Å². The number of nitrogens with one attached hydrogen (secondary N) is 1. The molecule has 0 saturated carbocycles. The maximum Gasteiger partial charge on any atom is 0.0403 e. The lowest BCUT2D eigenvalue weighted by Gasteiger charge is -2.21. The lowest BCUT2D eigenvalue weighted by Crippen LogP contribution is -2.07. The van der Waals surface area contributed by atoms with Crippen LogP contribution in [0.5, 0.6) is 0 Å². The summed E-state index contributed by atoms with van der Waals surface area (Å²) in [5.74, 6) is 0.170. The van der Waals surface area contributed by atoms with Gasteiger partial charge in [-0.1, -0.05) is 60.7 Å². The Morgan fingerprint density at radius 2 is 1.36 bits per heavy atom. The van der Waals surface area contributed by atoms with Gasteiger partial charge in [0.05, 0.1) is 0 Å². The number of hydrogen-bond donors (Lipinski definition) is 2. The lowest BCUT2D eigenvalue weighted by atomic mass is 9.82. The van der Waals surface area contributed by atoms with Crippen LogP contribution in [-0.2, 0) is 6.54 Å². The molecule has 0 bridgehead atoms. The van der Waals surface area contributed by atoms with Crippen LogP contribution in [0.3, 0.4) is 0 Å². The first-order valence-electron chi connectivity index (χ1n) is 7.59. The molecule has 3 aromatic rings. The van der Waals surface area contributed by atoms with Crippen LogP contribution in [0, 0.1) is 0 Å². The van der Waals surface area contributed by atoms with Crippen molar-refractivity contribution >= 4 is 11.4 Å². The fourth-order valence-electron chi connectivity index (χ4n) is 3.35. The Hall–Kier alpha value is -2.74. The van der Waals surface area contributed by atoms with Crippen LogP contribution in [0.1, 0.15) is 28.2 Å². The lowest BCUT2D eigenvalue weighted by molar-refractivity contribution is 0.975. The quantitative estimate of drug-likeness (QED) is 0.652. The van der Waals surface area contributed by atoms with Crippen LogP contribution in [0.4, 0.5) is 11.4 Å². The molecular weight excluding hydrogens is 268 g/mol. The molecule has 2 heteroatoms. The van der Waals surface area contributed by atoms with Gasteiger partial charge in [-0.05, 0) is 34.4 Å². The fourth-order valence-corrected chi connectivity index (χ4v) is 3.35. The molecule has 4 rings (SSSR count). The van der Waals surface area contributed by atoms with E-state index in [-0.39, 0.29) is 5.92 Å². The first-order chi connectivity index (χ1) is 10.8. The van der Waals surface area contributed by atoms with E-state index in [4.69, 9.17) is 5.73 Å². The highest BCUT2D eigenvalue weighted by atomic mass is 14.9. The maximum absolute atomic E-state index is 6.30. The predicted octanol–water partition coefficient (Wildman–Crippen LogP) is 4.37. The van der Waals surface area contributed by atoms with Gasteiger partial charge in [-0.25, -0.2) is 0 Å². The van der Waals surface area contributed by atoms with E-state index in [2.05, 4.69) is 66.0 Å². The van der Waals surface area contributed by atoms with E-state index in [1.54, 1.807) is 0 Å². The van der Waals surface area contributed by atoms with Crippen LogP contribution < -0.4 is 11.1 Å². The van der Waals surface area contributed by atoms with Gasteiger partial charge in [-0.15, -0.1) is 0 Å². The molecule has 0 radical (unpaired) electrons. The average Bonchev–Trinajstić information content (AvgIpc) is 2.73. The predicted molar refractivity (Wildman–Crippen MR) is 92.0 cm³/mol. The summed E-state index contributed by atoms with van der Waals surface area (Å²) < 4.78 is 0.